The summed E-state index contributed by atoms with van der Waals surface area (Å²) in [6.45, 7) is 4.13. The lowest BCUT2D eigenvalue weighted by atomic mass is 9.83. The molecule has 0 spiro atoms. The molecule has 1 heterocycles. The molecule has 2 aromatic rings. The highest BCUT2D eigenvalue weighted by Crippen LogP contribution is 2.35. The van der Waals surface area contributed by atoms with E-state index in [4.69, 9.17) is 16.5 Å². The van der Waals surface area contributed by atoms with Crippen LogP contribution in [0.1, 0.15) is 54.1 Å². The van der Waals surface area contributed by atoms with Crippen LogP contribution in [0.25, 0.3) is 11.1 Å². The third-order valence-electron chi connectivity index (χ3n) is 5.27. The van der Waals surface area contributed by atoms with Gasteiger partial charge in [0.05, 0.1) is 0 Å². The molecule has 1 aromatic heterocycles. The van der Waals surface area contributed by atoms with Crippen molar-refractivity contribution >= 4 is 5.84 Å². The zero-order valence-electron chi connectivity index (χ0n) is 15.4. The van der Waals surface area contributed by atoms with Gasteiger partial charge in [-0.15, -0.1) is 0 Å². The van der Waals surface area contributed by atoms with E-state index < -0.39 is 0 Å². The van der Waals surface area contributed by atoms with E-state index in [9.17, 15) is 0 Å². The van der Waals surface area contributed by atoms with Crippen LogP contribution >= 0.6 is 0 Å². The Balaban J connectivity index is 2.10. The second-order valence-electron chi connectivity index (χ2n) is 7.14. The number of aryl methyl sites for hydroxylation is 2. The molecular formula is C21H28N4. The predicted octanol–water partition coefficient (Wildman–Crippen LogP) is 3.69. The van der Waals surface area contributed by atoms with Gasteiger partial charge < -0.3 is 11.5 Å². The van der Waals surface area contributed by atoms with Crippen molar-refractivity contribution in [2.75, 3.05) is 7.05 Å². The van der Waals surface area contributed by atoms with Gasteiger partial charge in [0.25, 0.3) is 0 Å². The molecule has 0 radical (unpaired) electrons. The van der Waals surface area contributed by atoms with Crippen molar-refractivity contribution in [1.29, 1.82) is 0 Å². The Labute approximate surface area is 150 Å². The number of aromatic nitrogens is 1. The maximum atomic E-state index is 6.20. The van der Waals surface area contributed by atoms with Crippen LogP contribution in [0.2, 0.25) is 0 Å². The molecule has 1 aliphatic rings. The maximum Gasteiger partial charge on any atom is 0.127 e. The molecule has 1 saturated carbocycles. The molecule has 3 rings (SSSR count). The molecular weight excluding hydrogens is 308 g/mol. The average molecular weight is 336 g/mol. The third-order valence-corrected chi connectivity index (χ3v) is 5.27. The fourth-order valence-electron chi connectivity index (χ4n) is 3.72. The number of aliphatic imine (C=N–C) groups is 1. The Morgan fingerprint density at radius 2 is 1.72 bits per heavy atom. The second kappa shape index (κ2) is 7.36. The number of hydrogen-bond donors (Lipinski definition) is 2. The SMILES string of the molecule is CN=C(N)c1c(-c2ccc(C)cc2)cc(C2CCC(N)CC2)nc1C. The lowest BCUT2D eigenvalue weighted by Crippen LogP contribution is -2.26. The highest BCUT2D eigenvalue weighted by molar-refractivity contribution is 6.04. The first-order valence-corrected chi connectivity index (χ1v) is 9.06. The van der Waals surface area contributed by atoms with Crippen LogP contribution in [0.5, 0.6) is 0 Å². The number of nitrogens with two attached hydrogens (primary N) is 2. The van der Waals surface area contributed by atoms with Gasteiger partial charge >= 0.3 is 0 Å². The fourth-order valence-corrected chi connectivity index (χ4v) is 3.72. The van der Waals surface area contributed by atoms with Crippen LogP contribution in [0.3, 0.4) is 0 Å². The maximum absolute atomic E-state index is 6.20. The highest BCUT2D eigenvalue weighted by atomic mass is 14.8. The molecule has 132 valence electrons. The Bertz CT molecular complexity index is 769. The van der Waals surface area contributed by atoms with Gasteiger partial charge in [-0.2, -0.15) is 0 Å². The minimum atomic E-state index is 0.344. The van der Waals surface area contributed by atoms with E-state index in [2.05, 4.69) is 42.2 Å². The summed E-state index contributed by atoms with van der Waals surface area (Å²) in [6, 6.07) is 11.1. The van der Waals surface area contributed by atoms with E-state index in [1.54, 1.807) is 7.05 Å². The van der Waals surface area contributed by atoms with Crippen molar-refractivity contribution in [2.24, 2.45) is 16.5 Å². The monoisotopic (exact) mass is 336 g/mol. The molecule has 1 fully saturated rings. The Kier molecular flexibility index (Phi) is 5.19. The number of pyridine rings is 1. The van der Waals surface area contributed by atoms with Crippen LogP contribution in [-0.4, -0.2) is 23.9 Å². The third kappa shape index (κ3) is 3.74. The number of benzene rings is 1. The number of rotatable bonds is 3. The summed E-state index contributed by atoms with van der Waals surface area (Å²) in [6.07, 6.45) is 4.37. The molecule has 1 aliphatic carbocycles. The molecule has 0 unspecified atom stereocenters. The Hall–Kier alpha value is -2.20. The highest BCUT2D eigenvalue weighted by Gasteiger charge is 2.23. The lowest BCUT2D eigenvalue weighted by Gasteiger charge is -2.27. The molecule has 0 saturated heterocycles. The smallest absolute Gasteiger partial charge is 0.127 e. The van der Waals surface area contributed by atoms with E-state index in [0.717, 1.165) is 53.8 Å². The fraction of sp³-hybridized carbons (Fsp3) is 0.429. The summed E-state index contributed by atoms with van der Waals surface area (Å²) in [5.41, 5.74) is 18.9. The van der Waals surface area contributed by atoms with Crippen molar-refractivity contribution in [3.63, 3.8) is 0 Å². The minimum absolute atomic E-state index is 0.344. The standard InChI is InChI=1S/C21H28N4/c1-13-4-6-15(7-5-13)18-12-19(16-8-10-17(22)11-9-16)25-14(2)20(18)21(23)24-3/h4-7,12,16-17H,8-11,22H2,1-3H3,(H2,23,24). The van der Waals surface area contributed by atoms with Gasteiger partial charge in [0.1, 0.15) is 5.84 Å². The minimum Gasteiger partial charge on any atom is -0.383 e. The summed E-state index contributed by atoms with van der Waals surface area (Å²) in [7, 11) is 1.73. The summed E-state index contributed by atoms with van der Waals surface area (Å²) < 4.78 is 0. The number of hydrogen-bond acceptors (Lipinski definition) is 3. The van der Waals surface area contributed by atoms with Crippen LogP contribution in [-0.2, 0) is 0 Å². The van der Waals surface area contributed by atoms with Gasteiger partial charge in [0.2, 0.25) is 0 Å². The first-order valence-electron chi connectivity index (χ1n) is 9.06. The average Bonchev–Trinajstić information content (AvgIpc) is 2.61. The topological polar surface area (TPSA) is 77.3 Å². The van der Waals surface area contributed by atoms with Gasteiger partial charge in [-0.1, -0.05) is 29.8 Å². The first-order chi connectivity index (χ1) is 12.0. The number of amidine groups is 1. The van der Waals surface area contributed by atoms with Crippen LogP contribution in [0.15, 0.2) is 35.3 Å². The molecule has 0 atom stereocenters. The summed E-state index contributed by atoms with van der Waals surface area (Å²) in [5, 5.41) is 0. The van der Waals surface area contributed by atoms with E-state index >= 15 is 0 Å². The zero-order valence-corrected chi connectivity index (χ0v) is 15.4. The van der Waals surface area contributed by atoms with E-state index in [0.29, 0.717) is 17.8 Å². The van der Waals surface area contributed by atoms with Crippen molar-refractivity contribution in [1.82, 2.24) is 4.98 Å². The van der Waals surface area contributed by atoms with Gasteiger partial charge in [0, 0.05) is 36.0 Å². The van der Waals surface area contributed by atoms with Crippen molar-refractivity contribution in [3.05, 3.63) is 52.8 Å². The Morgan fingerprint density at radius 3 is 2.32 bits per heavy atom. The number of nitrogens with zero attached hydrogens (tertiary/aromatic N) is 2. The lowest BCUT2D eigenvalue weighted by molar-refractivity contribution is 0.390. The molecule has 4 N–H and O–H groups in total. The van der Waals surface area contributed by atoms with Gasteiger partial charge in [-0.25, -0.2) is 0 Å². The van der Waals surface area contributed by atoms with Gasteiger partial charge in [0.15, 0.2) is 0 Å². The largest absolute Gasteiger partial charge is 0.383 e. The molecule has 1 aromatic carbocycles. The van der Waals surface area contributed by atoms with Crippen molar-refractivity contribution in [3.8, 4) is 11.1 Å². The van der Waals surface area contributed by atoms with Crippen LogP contribution in [0, 0.1) is 13.8 Å². The van der Waals surface area contributed by atoms with Gasteiger partial charge in [-0.3, -0.25) is 9.98 Å². The summed E-state index contributed by atoms with van der Waals surface area (Å²) in [4.78, 5) is 9.11. The molecule has 0 bridgehead atoms. The molecule has 0 amide bonds. The summed E-state index contributed by atoms with van der Waals surface area (Å²) in [5.74, 6) is 1.02. The van der Waals surface area contributed by atoms with Crippen LogP contribution < -0.4 is 11.5 Å². The van der Waals surface area contributed by atoms with Crippen molar-refractivity contribution in [2.45, 2.75) is 51.5 Å². The summed E-state index contributed by atoms with van der Waals surface area (Å²) >= 11 is 0. The van der Waals surface area contributed by atoms with E-state index in [1.807, 2.05) is 6.92 Å². The molecule has 4 nitrogen and oxygen atoms in total. The molecule has 4 heteroatoms. The first kappa shape index (κ1) is 17.6. The second-order valence-corrected chi connectivity index (χ2v) is 7.14. The molecule has 0 aliphatic heterocycles. The Morgan fingerprint density at radius 1 is 1.08 bits per heavy atom. The van der Waals surface area contributed by atoms with Crippen molar-refractivity contribution < 1.29 is 0 Å². The van der Waals surface area contributed by atoms with Gasteiger partial charge in [-0.05, 0) is 56.7 Å². The normalized spacial score (nSPS) is 21.4. The van der Waals surface area contributed by atoms with E-state index in [-0.39, 0.29) is 0 Å². The molecule has 25 heavy (non-hydrogen) atoms. The van der Waals surface area contributed by atoms with Crippen LogP contribution in [0.4, 0.5) is 0 Å². The quantitative estimate of drug-likeness (QED) is 0.663. The zero-order chi connectivity index (χ0) is 18.0. The van der Waals surface area contributed by atoms with E-state index in [1.165, 1.54) is 5.56 Å². The predicted molar refractivity (Wildman–Crippen MR) is 105 cm³/mol.